The van der Waals surface area contributed by atoms with Gasteiger partial charge in [-0.3, -0.25) is 9.78 Å². The van der Waals surface area contributed by atoms with Crippen molar-refractivity contribution >= 4 is 5.91 Å². The minimum Gasteiger partial charge on any atom is -0.369 e. The molecule has 2 rings (SSSR count). The number of nitrogens with two attached hydrogens (primary N) is 1. The van der Waals surface area contributed by atoms with Crippen LogP contribution in [0, 0.1) is 6.92 Å². The van der Waals surface area contributed by atoms with Crippen molar-refractivity contribution in [3.8, 4) is 0 Å². The molecule has 0 spiro atoms. The highest BCUT2D eigenvalue weighted by molar-refractivity contribution is 5.76. The first-order chi connectivity index (χ1) is 6.65. The first-order valence-electron chi connectivity index (χ1n) is 4.91. The van der Waals surface area contributed by atoms with Crippen LogP contribution in [0.4, 0.5) is 0 Å². The molecule has 1 aliphatic rings. The summed E-state index contributed by atoms with van der Waals surface area (Å²) >= 11 is 0. The van der Waals surface area contributed by atoms with Gasteiger partial charge in [0.1, 0.15) is 0 Å². The van der Waals surface area contributed by atoms with Gasteiger partial charge in [-0.15, -0.1) is 0 Å². The predicted molar refractivity (Wildman–Crippen MR) is 53.8 cm³/mol. The van der Waals surface area contributed by atoms with Crippen molar-refractivity contribution in [2.45, 2.75) is 32.1 Å². The van der Waals surface area contributed by atoms with Crippen LogP contribution in [0.25, 0.3) is 0 Å². The van der Waals surface area contributed by atoms with Gasteiger partial charge in [0.15, 0.2) is 0 Å². The summed E-state index contributed by atoms with van der Waals surface area (Å²) in [5.74, 6) is 0.383. The molecule has 1 fully saturated rings. The van der Waals surface area contributed by atoms with Crippen molar-refractivity contribution < 1.29 is 4.79 Å². The Balaban J connectivity index is 2.26. The topological polar surface area (TPSA) is 56.0 Å². The highest BCUT2D eigenvalue weighted by Gasteiger charge is 2.24. The smallest absolute Gasteiger partial charge is 0.223 e. The minimum absolute atomic E-state index is 0.251. The van der Waals surface area contributed by atoms with Gasteiger partial charge in [-0.2, -0.15) is 0 Å². The summed E-state index contributed by atoms with van der Waals surface area (Å²) in [6.45, 7) is 1.95. The first-order valence-corrected chi connectivity index (χ1v) is 4.91. The van der Waals surface area contributed by atoms with Gasteiger partial charge < -0.3 is 5.73 Å². The van der Waals surface area contributed by atoms with Crippen molar-refractivity contribution in [2.24, 2.45) is 5.73 Å². The van der Waals surface area contributed by atoms with Crippen LogP contribution in [0.1, 0.15) is 35.7 Å². The van der Waals surface area contributed by atoms with E-state index in [2.05, 4.69) is 11.1 Å². The fourth-order valence-electron chi connectivity index (χ4n) is 1.69. The summed E-state index contributed by atoms with van der Waals surface area (Å²) in [6, 6.07) is 4.11. The molecule has 1 heterocycles. The third kappa shape index (κ3) is 2.10. The van der Waals surface area contributed by atoms with Crippen molar-refractivity contribution in [3.63, 3.8) is 0 Å². The average Bonchev–Trinajstić information content (AvgIpc) is 2.82. The lowest BCUT2D eigenvalue weighted by atomic mass is 10.1. The molecule has 0 atom stereocenters. The normalized spacial score (nSPS) is 15.5. The second kappa shape index (κ2) is 3.40. The zero-order valence-corrected chi connectivity index (χ0v) is 8.29. The number of carbonyl (C=O) groups is 1. The summed E-state index contributed by atoms with van der Waals surface area (Å²) in [6.07, 6.45) is 2.78. The SMILES string of the molecule is Cc1cc(C2CC2)cc(CC(N)=O)n1. The third-order valence-electron chi connectivity index (χ3n) is 2.43. The minimum atomic E-state index is -0.315. The molecule has 0 saturated heterocycles. The average molecular weight is 190 g/mol. The van der Waals surface area contributed by atoms with Crippen LogP contribution in [0.2, 0.25) is 0 Å². The van der Waals surface area contributed by atoms with E-state index in [4.69, 9.17) is 5.73 Å². The Labute approximate surface area is 83.3 Å². The van der Waals surface area contributed by atoms with E-state index < -0.39 is 0 Å². The van der Waals surface area contributed by atoms with Crippen molar-refractivity contribution in [3.05, 3.63) is 29.1 Å². The number of pyridine rings is 1. The Kier molecular flexibility index (Phi) is 2.23. The standard InChI is InChI=1S/C11H14N2O/c1-7-4-9(8-2-3-8)5-10(13-7)6-11(12)14/h4-5,8H,2-3,6H2,1H3,(H2,12,14). The van der Waals surface area contributed by atoms with Crippen LogP contribution in [-0.4, -0.2) is 10.9 Å². The number of aryl methyl sites for hydroxylation is 1. The van der Waals surface area contributed by atoms with Crippen LogP contribution in [0.15, 0.2) is 12.1 Å². The van der Waals surface area contributed by atoms with Crippen LogP contribution in [-0.2, 0) is 11.2 Å². The monoisotopic (exact) mass is 190 g/mol. The molecule has 3 heteroatoms. The number of hydrogen-bond acceptors (Lipinski definition) is 2. The highest BCUT2D eigenvalue weighted by Crippen LogP contribution is 2.40. The number of primary amides is 1. The van der Waals surface area contributed by atoms with E-state index in [0.717, 1.165) is 11.4 Å². The van der Waals surface area contributed by atoms with Crippen LogP contribution >= 0.6 is 0 Å². The number of aromatic nitrogens is 1. The molecule has 1 aliphatic carbocycles. The maximum absolute atomic E-state index is 10.8. The molecular formula is C11H14N2O. The molecule has 1 amide bonds. The molecule has 2 N–H and O–H groups in total. The number of nitrogens with zero attached hydrogens (tertiary/aromatic N) is 1. The maximum Gasteiger partial charge on any atom is 0.223 e. The van der Waals surface area contributed by atoms with E-state index in [0.29, 0.717) is 5.92 Å². The number of amides is 1. The van der Waals surface area contributed by atoms with Gasteiger partial charge in [0.25, 0.3) is 0 Å². The molecule has 0 aromatic carbocycles. The Bertz CT molecular complexity index is 370. The number of carbonyl (C=O) groups excluding carboxylic acids is 1. The fourth-order valence-corrected chi connectivity index (χ4v) is 1.69. The van der Waals surface area contributed by atoms with E-state index in [-0.39, 0.29) is 12.3 Å². The lowest BCUT2D eigenvalue weighted by Gasteiger charge is -2.04. The van der Waals surface area contributed by atoms with Crippen molar-refractivity contribution in [1.82, 2.24) is 4.98 Å². The molecule has 3 nitrogen and oxygen atoms in total. The van der Waals surface area contributed by atoms with Crippen molar-refractivity contribution in [1.29, 1.82) is 0 Å². The van der Waals surface area contributed by atoms with E-state index >= 15 is 0 Å². The van der Waals surface area contributed by atoms with Gasteiger partial charge in [0.2, 0.25) is 5.91 Å². The predicted octanol–water partition coefficient (Wildman–Crippen LogP) is 1.30. The van der Waals surface area contributed by atoms with Gasteiger partial charge in [0.05, 0.1) is 12.1 Å². The second-order valence-electron chi connectivity index (χ2n) is 3.95. The highest BCUT2D eigenvalue weighted by atomic mass is 16.1. The molecule has 0 aliphatic heterocycles. The van der Waals surface area contributed by atoms with Gasteiger partial charge in [-0.1, -0.05) is 0 Å². The molecule has 1 aromatic heterocycles. The van der Waals surface area contributed by atoms with Crippen LogP contribution < -0.4 is 5.73 Å². The molecular weight excluding hydrogens is 176 g/mol. The molecule has 14 heavy (non-hydrogen) atoms. The maximum atomic E-state index is 10.8. The van der Waals surface area contributed by atoms with Crippen LogP contribution in [0.3, 0.4) is 0 Å². The number of hydrogen-bond donors (Lipinski definition) is 1. The van der Waals surface area contributed by atoms with Gasteiger partial charge in [-0.05, 0) is 43.4 Å². The van der Waals surface area contributed by atoms with Crippen molar-refractivity contribution in [2.75, 3.05) is 0 Å². The first kappa shape index (κ1) is 9.19. The quantitative estimate of drug-likeness (QED) is 0.781. The lowest BCUT2D eigenvalue weighted by molar-refractivity contribution is -0.117. The number of rotatable bonds is 3. The summed E-state index contributed by atoms with van der Waals surface area (Å²) < 4.78 is 0. The Hall–Kier alpha value is -1.38. The Morgan fingerprint density at radius 3 is 2.86 bits per heavy atom. The molecule has 0 bridgehead atoms. The molecule has 0 radical (unpaired) electrons. The Morgan fingerprint density at radius 2 is 2.29 bits per heavy atom. The van der Waals surface area contributed by atoms with Crippen LogP contribution in [0.5, 0.6) is 0 Å². The fraction of sp³-hybridized carbons (Fsp3) is 0.455. The van der Waals surface area contributed by atoms with Gasteiger partial charge in [-0.25, -0.2) is 0 Å². The molecule has 0 unspecified atom stereocenters. The van der Waals surface area contributed by atoms with E-state index in [1.807, 2.05) is 13.0 Å². The molecule has 1 aromatic rings. The molecule has 1 saturated carbocycles. The zero-order valence-electron chi connectivity index (χ0n) is 8.29. The molecule has 74 valence electrons. The van der Waals surface area contributed by atoms with Gasteiger partial charge >= 0.3 is 0 Å². The summed E-state index contributed by atoms with van der Waals surface area (Å²) in [5, 5.41) is 0. The Morgan fingerprint density at radius 1 is 1.57 bits per heavy atom. The summed E-state index contributed by atoms with van der Waals surface area (Å²) in [5.41, 5.74) is 8.23. The van der Waals surface area contributed by atoms with E-state index in [1.165, 1.54) is 18.4 Å². The zero-order chi connectivity index (χ0) is 10.1. The summed E-state index contributed by atoms with van der Waals surface area (Å²) in [7, 11) is 0. The van der Waals surface area contributed by atoms with E-state index in [1.54, 1.807) is 0 Å². The van der Waals surface area contributed by atoms with E-state index in [9.17, 15) is 4.79 Å². The third-order valence-corrected chi connectivity index (χ3v) is 2.43. The summed E-state index contributed by atoms with van der Waals surface area (Å²) in [4.78, 5) is 15.0. The second-order valence-corrected chi connectivity index (χ2v) is 3.95. The van der Waals surface area contributed by atoms with Gasteiger partial charge in [0, 0.05) is 5.69 Å². The lowest BCUT2D eigenvalue weighted by Crippen LogP contribution is -2.15. The largest absolute Gasteiger partial charge is 0.369 e.